The van der Waals surface area contributed by atoms with E-state index in [4.69, 9.17) is 9.15 Å². The average Bonchev–Trinajstić information content (AvgIpc) is 3.25. The van der Waals surface area contributed by atoms with Crippen LogP contribution in [0.4, 0.5) is 13.2 Å². The molecule has 1 N–H and O–H groups in total. The van der Waals surface area contributed by atoms with Gasteiger partial charge in [-0.15, -0.1) is 0 Å². The zero-order valence-corrected chi connectivity index (χ0v) is 17.3. The summed E-state index contributed by atoms with van der Waals surface area (Å²) in [5, 5.41) is 3.26. The first-order valence-corrected chi connectivity index (χ1v) is 10.1. The summed E-state index contributed by atoms with van der Waals surface area (Å²) in [5.74, 6) is 2.92. The van der Waals surface area contributed by atoms with E-state index in [1.54, 1.807) is 18.3 Å². The fourth-order valence-electron chi connectivity index (χ4n) is 3.15. The van der Waals surface area contributed by atoms with Crippen molar-refractivity contribution in [1.82, 2.24) is 20.2 Å². The Hall–Kier alpha value is -3.62. The molecular weight excluding hydrogens is 441 g/mol. The lowest BCUT2D eigenvalue weighted by Crippen LogP contribution is -2.44. The number of oxazole rings is 1. The summed E-state index contributed by atoms with van der Waals surface area (Å²) in [4.78, 5) is 21.6. The number of pyridine rings is 1. The highest BCUT2D eigenvalue weighted by Gasteiger charge is 2.42. The van der Waals surface area contributed by atoms with Crippen LogP contribution >= 0.6 is 0 Å². The number of esters is 1. The molecule has 0 spiro atoms. The number of carbonyl (C=O) groups is 1. The van der Waals surface area contributed by atoms with Crippen molar-refractivity contribution < 1.29 is 31.9 Å². The molecule has 3 heterocycles. The molecule has 33 heavy (non-hydrogen) atoms. The number of nitrogens with one attached hydrogen (secondary N) is 1. The molecule has 0 aliphatic carbocycles. The zero-order valence-electron chi connectivity index (χ0n) is 17.3. The molecule has 0 unspecified atom stereocenters. The van der Waals surface area contributed by atoms with Gasteiger partial charge in [0.15, 0.2) is 17.0 Å². The van der Waals surface area contributed by atoms with Crippen LogP contribution in [0.5, 0.6) is 11.5 Å². The predicted molar refractivity (Wildman–Crippen MR) is 111 cm³/mol. The van der Waals surface area contributed by atoms with Crippen LogP contribution in [0.25, 0.3) is 11.1 Å². The second-order valence-corrected chi connectivity index (χ2v) is 7.08. The quantitative estimate of drug-likeness (QED) is 0.353. The molecule has 11 heteroatoms. The maximum absolute atomic E-state index is 12.7. The number of alkyl halides is 3. The van der Waals surface area contributed by atoms with Crippen molar-refractivity contribution in [2.24, 2.45) is 0 Å². The second-order valence-electron chi connectivity index (χ2n) is 7.08. The van der Waals surface area contributed by atoms with Gasteiger partial charge in [-0.25, -0.2) is 4.79 Å². The van der Waals surface area contributed by atoms with Crippen molar-refractivity contribution in [2.45, 2.75) is 6.18 Å². The molecule has 3 aromatic rings. The molecule has 8 nitrogen and oxygen atoms in total. The van der Waals surface area contributed by atoms with Crippen molar-refractivity contribution in [1.29, 1.82) is 0 Å². The summed E-state index contributed by atoms with van der Waals surface area (Å²) in [6, 6.07) is 5.99. The minimum Gasteiger partial charge on any atom is -0.488 e. The normalized spacial score (nSPS) is 14.5. The third-order valence-electron chi connectivity index (χ3n) is 4.75. The highest BCUT2D eigenvalue weighted by Crippen LogP contribution is 2.34. The third-order valence-corrected chi connectivity index (χ3v) is 4.75. The van der Waals surface area contributed by atoms with Gasteiger partial charge in [0.2, 0.25) is 5.58 Å². The van der Waals surface area contributed by atoms with Crippen LogP contribution in [-0.4, -0.2) is 66.3 Å². The second kappa shape index (κ2) is 9.89. The smallest absolute Gasteiger partial charge is 0.488 e. The third kappa shape index (κ3) is 5.79. The largest absolute Gasteiger partial charge is 0.491 e. The van der Waals surface area contributed by atoms with E-state index in [-0.39, 0.29) is 22.7 Å². The molecule has 0 bridgehead atoms. The molecule has 0 saturated carbocycles. The predicted octanol–water partition coefficient (Wildman–Crippen LogP) is 2.37. The van der Waals surface area contributed by atoms with E-state index < -0.39 is 17.9 Å². The van der Waals surface area contributed by atoms with Gasteiger partial charge in [-0.05, 0) is 30.2 Å². The van der Waals surface area contributed by atoms with Crippen LogP contribution in [0.3, 0.4) is 0 Å². The van der Waals surface area contributed by atoms with E-state index in [1.165, 1.54) is 18.3 Å². The summed E-state index contributed by atoms with van der Waals surface area (Å²) in [7, 11) is 0. The van der Waals surface area contributed by atoms with Gasteiger partial charge in [0.05, 0.1) is 0 Å². The van der Waals surface area contributed by atoms with E-state index in [1.807, 2.05) is 0 Å². The zero-order chi connectivity index (χ0) is 23.3. The van der Waals surface area contributed by atoms with E-state index in [0.717, 1.165) is 26.2 Å². The number of hydrogen-bond acceptors (Lipinski definition) is 8. The summed E-state index contributed by atoms with van der Waals surface area (Å²) >= 11 is 0. The number of aromatic nitrogens is 2. The van der Waals surface area contributed by atoms with Gasteiger partial charge in [0, 0.05) is 50.7 Å². The Labute approximate surface area is 186 Å². The summed E-state index contributed by atoms with van der Waals surface area (Å²) < 4.78 is 54.0. The highest BCUT2D eigenvalue weighted by atomic mass is 19.4. The van der Waals surface area contributed by atoms with E-state index in [9.17, 15) is 18.0 Å². The lowest BCUT2D eigenvalue weighted by molar-refractivity contribution is -0.189. The molecule has 1 saturated heterocycles. The minimum absolute atomic E-state index is 0.0401. The molecule has 4 rings (SSSR count). The minimum atomic E-state index is -5.16. The maximum atomic E-state index is 12.7. The van der Waals surface area contributed by atoms with E-state index in [2.05, 4.69) is 36.8 Å². The first-order chi connectivity index (χ1) is 15.9. The van der Waals surface area contributed by atoms with Crippen LogP contribution in [-0.2, 0) is 4.79 Å². The van der Waals surface area contributed by atoms with Crippen LogP contribution < -0.4 is 14.8 Å². The molecule has 0 amide bonds. The number of hydrogen-bond donors (Lipinski definition) is 1. The fraction of sp³-hybridized carbons (Fsp3) is 0.318. The maximum Gasteiger partial charge on any atom is 0.491 e. The van der Waals surface area contributed by atoms with Gasteiger partial charge in [0.1, 0.15) is 6.61 Å². The summed E-state index contributed by atoms with van der Waals surface area (Å²) in [5.41, 5.74) is 0.539. The molecule has 1 fully saturated rings. The lowest BCUT2D eigenvalue weighted by atomic mass is 10.3. The molecule has 0 atom stereocenters. The number of fused-ring (bicyclic) bond motifs is 1. The monoisotopic (exact) mass is 460 g/mol. The number of benzene rings is 1. The number of nitrogens with zero attached hydrogens (tertiary/aromatic N) is 3. The molecule has 172 valence electrons. The van der Waals surface area contributed by atoms with Gasteiger partial charge >= 0.3 is 12.1 Å². The Bertz CT molecular complexity index is 1180. The SMILES string of the molecule is O=C(Oc1ccc(OCCN2CCNCC2)c2oc(C#Cc3cccnc3)nc12)C(F)(F)F. The standard InChI is InChI=1S/C22H19F3N4O4/c23-22(24,25)21(30)32-16-4-5-17(31-13-12-29-10-8-26-9-11-29)20-19(16)28-18(33-20)6-3-15-2-1-7-27-14-15/h1-2,4-5,7,14,26H,8-13H2. The van der Waals surface area contributed by atoms with Crippen LogP contribution in [0, 0.1) is 11.8 Å². The number of rotatable bonds is 5. The van der Waals surface area contributed by atoms with Crippen molar-refractivity contribution in [3.63, 3.8) is 0 Å². The topological polar surface area (TPSA) is 89.7 Å². The van der Waals surface area contributed by atoms with Crippen molar-refractivity contribution in [3.8, 4) is 23.3 Å². The van der Waals surface area contributed by atoms with Crippen molar-refractivity contribution >= 4 is 17.1 Å². The van der Waals surface area contributed by atoms with Crippen LogP contribution in [0.1, 0.15) is 11.5 Å². The van der Waals surface area contributed by atoms with E-state index in [0.29, 0.717) is 18.7 Å². The first-order valence-electron chi connectivity index (χ1n) is 10.1. The van der Waals surface area contributed by atoms with Gasteiger partial charge in [-0.2, -0.15) is 18.2 Å². The van der Waals surface area contributed by atoms with Gasteiger partial charge in [-0.3, -0.25) is 9.88 Å². The summed E-state index contributed by atoms with van der Waals surface area (Å²) in [6.07, 6.45) is -2.02. The molecule has 0 radical (unpaired) electrons. The van der Waals surface area contributed by atoms with Crippen molar-refractivity contribution in [2.75, 3.05) is 39.3 Å². The molecule has 1 aromatic carbocycles. The first kappa shape index (κ1) is 22.6. The number of ether oxygens (including phenoxy) is 2. The fourth-order valence-corrected chi connectivity index (χ4v) is 3.15. The molecular formula is C22H19F3N4O4. The van der Waals surface area contributed by atoms with Crippen LogP contribution in [0.2, 0.25) is 0 Å². The lowest BCUT2D eigenvalue weighted by Gasteiger charge is -2.26. The van der Waals surface area contributed by atoms with Gasteiger partial charge < -0.3 is 19.2 Å². The van der Waals surface area contributed by atoms with Gasteiger partial charge in [-0.1, -0.05) is 5.92 Å². The van der Waals surface area contributed by atoms with Gasteiger partial charge in [0.25, 0.3) is 5.89 Å². The van der Waals surface area contributed by atoms with E-state index >= 15 is 0 Å². The highest BCUT2D eigenvalue weighted by molar-refractivity contribution is 5.89. The van der Waals surface area contributed by atoms with Crippen molar-refractivity contribution in [3.05, 3.63) is 48.1 Å². The number of piperazine rings is 1. The molecule has 2 aromatic heterocycles. The Morgan fingerprint density at radius 1 is 1.18 bits per heavy atom. The Balaban J connectivity index is 1.60. The summed E-state index contributed by atoms with van der Waals surface area (Å²) in [6.45, 7) is 4.56. The molecule has 1 aliphatic rings. The Kier molecular flexibility index (Phi) is 6.76. The Morgan fingerprint density at radius 3 is 2.70 bits per heavy atom. The average molecular weight is 460 g/mol. The number of carbonyl (C=O) groups excluding carboxylic acids is 1. The van der Waals surface area contributed by atoms with Crippen LogP contribution in [0.15, 0.2) is 41.1 Å². The Morgan fingerprint density at radius 2 is 1.97 bits per heavy atom. The molecule has 1 aliphatic heterocycles. The number of halogens is 3.